The minimum absolute atomic E-state index is 0.257. The first-order chi connectivity index (χ1) is 10.1. The standard InChI is InChI=1S/C16H16BrFO3/c1-11(19)15-6-5-14(10-16(15)18)21-8-7-20-13-4-2-3-12(17)9-13/h2-6,9-11,19H,7-8H2,1H3/t11-/m1/s1. The lowest BCUT2D eigenvalue weighted by atomic mass is 10.1. The van der Waals surface area contributed by atoms with Crippen LogP contribution in [0.4, 0.5) is 4.39 Å². The molecule has 0 aromatic heterocycles. The van der Waals surface area contributed by atoms with Gasteiger partial charge >= 0.3 is 0 Å². The Morgan fingerprint density at radius 1 is 1.10 bits per heavy atom. The molecule has 0 spiro atoms. The Morgan fingerprint density at radius 2 is 1.76 bits per heavy atom. The lowest BCUT2D eigenvalue weighted by Gasteiger charge is -2.11. The van der Waals surface area contributed by atoms with Crippen molar-refractivity contribution >= 4 is 15.9 Å². The molecule has 1 atom stereocenters. The molecule has 5 heteroatoms. The summed E-state index contributed by atoms with van der Waals surface area (Å²) in [6.45, 7) is 2.18. The highest BCUT2D eigenvalue weighted by Gasteiger charge is 2.08. The maximum Gasteiger partial charge on any atom is 0.132 e. The van der Waals surface area contributed by atoms with Crippen molar-refractivity contribution in [1.29, 1.82) is 0 Å². The fourth-order valence-corrected chi connectivity index (χ4v) is 2.19. The zero-order valence-corrected chi connectivity index (χ0v) is 13.1. The first kappa shape index (κ1) is 15.8. The lowest BCUT2D eigenvalue weighted by Crippen LogP contribution is -2.09. The Labute approximate surface area is 131 Å². The average Bonchev–Trinajstić information content (AvgIpc) is 2.43. The summed E-state index contributed by atoms with van der Waals surface area (Å²) in [5.74, 6) is 0.675. The molecule has 0 saturated heterocycles. The first-order valence-corrected chi connectivity index (χ1v) is 7.34. The molecule has 0 bridgehead atoms. The third kappa shape index (κ3) is 4.72. The quantitative estimate of drug-likeness (QED) is 0.793. The normalized spacial score (nSPS) is 12.0. The Bertz CT molecular complexity index is 602. The predicted octanol–water partition coefficient (Wildman–Crippen LogP) is 4.10. The SMILES string of the molecule is C[C@@H](O)c1ccc(OCCOc2cccc(Br)c2)cc1F. The molecule has 1 N–H and O–H groups in total. The van der Waals surface area contributed by atoms with Crippen molar-refractivity contribution in [3.8, 4) is 11.5 Å². The number of halogens is 2. The molecule has 0 unspecified atom stereocenters. The van der Waals surface area contributed by atoms with Gasteiger partial charge in [0.25, 0.3) is 0 Å². The second kappa shape index (κ2) is 7.43. The maximum absolute atomic E-state index is 13.6. The van der Waals surface area contributed by atoms with Gasteiger partial charge < -0.3 is 14.6 Å². The summed E-state index contributed by atoms with van der Waals surface area (Å²) >= 11 is 3.36. The molecule has 0 radical (unpaired) electrons. The van der Waals surface area contributed by atoms with Gasteiger partial charge in [-0.1, -0.05) is 22.0 Å². The van der Waals surface area contributed by atoms with Crippen molar-refractivity contribution in [2.45, 2.75) is 13.0 Å². The topological polar surface area (TPSA) is 38.7 Å². The summed E-state index contributed by atoms with van der Waals surface area (Å²) < 4.78 is 25.5. The number of benzene rings is 2. The first-order valence-electron chi connectivity index (χ1n) is 6.55. The molecule has 0 saturated carbocycles. The average molecular weight is 355 g/mol. The van der Waals surface area contributed by atoms with Gasteiger partial charge in [0.15, 0.2) is 0 Å². The molecule has 0 fully saturated rings. The molecular weight excluding hydrogens is 339 g/mol. The van der Waals surface area contributed by atoms with E-state index in [-0.39, 0.29) is 5.56 Å². The number of hydrogen-bond acceptors (Lipinski definition) is 3. The molecule has 0 aliphatic heterocycles. The Hall–Kier alpha value is -1.59. The summed E-state index contributed by atoms with van der Waals surface area (Å²) in [7, 11) is 0. The number of aliphatic hydroxyl groups excluding tert-OH is 1. The molecular formula is C16H16BrFO3. The Morgan fingerprint density at radius 3 is 2.33 bits per heavy atom. The maximum atomic E-state index is 13.6. The summed E-state index contributed by atoms with van der Waals surface area (Å²) in [4.78, 5) is 0. The van der Waals surface area contributed by atoms with Crippen molar-refractivity contribution in [1.82, 2.24) is 0 Å². The summed E-state index contributed by atoms with van der Waals surface area (Å²) in [5, 5.41) is 9.35. The molecule has 0 aliphatic rings. The van der Waals surface area contributed by atoms with Crippen LogP contribution in [0.5, 0.6) is 11.5 Å². The molecule has 0 amide bonds. The van der Waals surface area contributed by atoms with Crippen LogP contribution in [-0.4, -0.2) is 18.3 Å². The van der Waals surface area contributed by atoms with Crippen molar-refractivity contribution in [3.63, 3.8) is 0 Å². The summed E-state index contributed by atoms with van der Waals surface area (Å²) in [5.41, 5.74) is 0.257. The van der Waals surface area contributed by atoms with Gasteiger partial charge in [0.2, 0.25) is 0 Å². The fourth-order valence-electron chi connectivity index (χ4n) is 1.81. The van der Waals surface area contributed by atoms with Gasteiger partial charge in [-0.15, -0.1) is 0 Å². The van der Waals surface area contributed by atoms with Gasteiger partial charge in [0.05, 0.1) is 6.10 Å². The Kier molecular flexibility index (Phi) is 5.59. The summed E-state index contributed by atoms with van der Waals surface area (Å²) in [6, 6.07) is 11.9. The smallest absolute Gasteiger partial charge is 0.132 e. The van der Waals surface area contributed by atoms with Gasteiger partial charge in [0.1, 0.15) is 30.5 Å². The molecule has 0 aliphatic carbocycles. The van der Waals surface area contributed by atoms with Crippen LogP contribution in [0.15, 0.2) is 46.9 Å². The van der Waals surface area contributed by atoms with E-state index in [1.54, 1.807) is 6.07 Å². The number of hydrogen-bond donors (Lipinski definition) is 1. The molecule has 2 aromatic rings. The van der Waals surface area contributed by atoms with Crippen LogP contribution in [0.25, 0.3) is 0 Å². The fraction of sp³-hybridized carbons (Fsp3) is 0.250. The molecule has 21 heavy (non-hydrogen) atoms. The van der Waals surface area contributed by atoms with Crippen LogP contribution in [0, 0.1) is 5.82 Å². The van der Waals surface area contributed by atoms with Crippen LogP contribution in [0.1, 0.15) is 18.6 Å². The van der Waals surface area contributed by atoms with E-state index in [0.717, 1.165) is 10.2 Å². The highest BCUT2D eigenvalue weighted by atomic mass is 79.9. The molecule has 112 valence electrons. The predicted molar refractivity (Wildman–Crippen MR) is 82.2 cm³/mol. The van der Waals surface area contributed by atoms with E-state index in [2.05, 4.69) is 15.9 Å². The molecule has 3 nitrogen and oxygen atoms in total. The van der Waals surface area contributed by atoms with Crippen LogP contribution >= 0.6 is 15.9 Å². The molecule has 2 rings (SSSR count). The highest BCUT2D eigenvalue weighted by Crippen LogP contribution is 2.22. The highest BCUT2D eigenvalue weighted by molar-refractivity contribution is 9.10. The number of ether oxygens (including phenoxy) is 2. The lowest BCUT2D eigenvalue weighted by molar-refractivity contribution is 0.193. The van der Waals surface area contributed by atoms with Gasteiger partial charge in [-0.2, -0.15) is 0 Å². The van der Waals surface area contributed by atoms with Crippen molar-refractivity contribution in [3.05, 3.63) is 58.3 Å². The van der Waals surface area contributed by atoms with E-state index < -0.39 is 11.9 Å². The van der Waals surface area contributed by atoms with E-state index in [0.29, 0.717) is 19.0 Å². The number of aliphatic hydroxyl groups is 1. The van der Waals surface area contributed by atoms with Crippen LogP contribution < -0.4 is 9.47 Å². The zero-order valence-electron chi connectivity index (χ0n) is 11.6. The monoisotopic (exact) mass is 354 g/mol. The van der Waals surface area contributed by atoms with Crippen molar-refractivity contribution in [2.75, 3.05) is 13.2 Å². The molecule has 0 heterocycles. The largest absolute Gasteiger partial charge is 0.490 e. The van der Waals surface area contributed by atoms with Crippen LogP contribution in [0.3, 0.4) is 0 Å². The second-order valence-electron chi connectivity index (χ2n) is 4.51. The van der Waals surface area contributed by atoms with Gasteiger partial charge in [-0.3, -0.25) is 0 Å². The molecule has 2 aromatic carbocycles. The number of rotatable bonds is 6. The minimum Gasteiger partial charge on any atom is -0.490 e. The summed E-state index contributed by atoms with van der Waals surface area (Å²) in [6.07, 6.45) is -0.834. The van der Waals surface area contributed by atoms with E-state index in [9.17, 15) is 9.50 Å². The van der Waals surface area contributed by atoms with Gasteiger partial charge in [-0.25, -0.2) is 4.39 Å². The third-order valence-electron chi connectivity index (χ3n) is 2.84. The van der Waals surface area contributed by atoms with Crippen molar-refractivity contribution < 1.29 is 19.0 Å². The van der Waals surface area contributed by atoms with E-state index in [1.807, 2.05) is 24.3 Å². The minimum atomic E-state index is -0.834. The van der Waals surface area contributed by atoms with Gasteiger partial charge in [0, 0.05) is 16.1 Å². The van der Waals surface area contributed by atoms with E-state index in [1.165, 1.54) is 19.1 Å². The van der Waals surface area contributed by atoms with Crippen LogP contribution in [-0.2, 0) is 0 Å². The third-order valence-corrected chi connectivity index (χ3v) is 3.33. The van der Waals surface area contributed by atoms with E-state index in [4.69, 9.17) is 9.47 Å². The Balaban J connectivity index is 1.82. The van der Waals surface area contributed by atoms with Crippen molar-refractivity contribution in [2.24, 2.45) is 0 Å². The van der Waals surface area contributed by atoms with Crippen LogP contribution in [0.2, 0.25) is 0 Å². The second-order valence-corrected chi connectivity index (χ2v) is 5.43. The van der Waals surface area contributed by atoms with E-state index >= 15 is 0 Å². The van der Waals surface area contributed by atoms with Gasteiger partial charge in [-0.05, 0) is 37.3 Å². The zero-order chi connectivity index (χ0) is 15.2.